The first-order valence-corrected chi connectivity index (χ1v) is 11.2. The van der Waals surface area contributed by atoms with E-state index in [-0.39, 0.29) is 5.91 Å². The smallest absolute Gasteiger partial charge is 0.251 e. The van der Waals surface area contributed by atoms with Gasteiger partial charge in [-0.1, -0.05) is 57.2 Å². The van der Waals surface area contributed by atoms with Crippen molar-refractivity contribution in [3.05, 3.63) is 41.2 Å². The first kappa shape index (κ1) is 21.5. The van der Waals surface area contributed by atoms with Gasteiger partial charge in [0.15, 0.2) is 0 Å². The van der Waals surface area contributed by atoms with Crippen LogP contribution in [0.15, 0.2) is 24.3 Å². The molecule has 158 valence electrons. The molecule has 2 aromatic rings. The normalized spacial score (nSPS) is 14.9. The zero-order valence-electron chi connectivity index (χ0n) is 18.3. The molecule has 1 aliphatic carbocycles. The van der Waals surface area contributed by atoms with E-state index >= 15 is 0 Å². The molecular formula is C25H36N2O2. The van der Waals surface area contributed by atoms with Gasteiger partial charge in [0.25, 0.3) is 5.91 Å². The predicted octanol–water partition coefficient (Wildman–Crippen LogP) is 5.88. The van der Waals surface area contributed by atoms with Crippen molar-refractivity contribution in [1.82, 2.24) is 4.57 Å². The number of ether oxygens (including phenoxy) is 1. The highest BCUT2D eigenvalue weighted by molar-refractivity contribution is 6.03. The zero-order valence-corrected chi connectivity index (χ0v) is 18.3. The van der Waals surface area contributed by atoms with Gasteiger partial charge in [-0.25, -0.2) is 0 Å². The summed E-state index contributed by atoms with van der Waals surface area (Å²) in [7, 11) is 1.69. The molecule has 4 nitrogen and oxygen atoms in total. The van der Waals surface area contributed by atoms with Crippen LogP contribution in [0.3, 0.4) is 0 Å². The third kappa shape index (κ3) is 4.68. The molecular weight excluding hydrogens is 360 g/mol. The van der Waals surface area contributed by atoms with Gasteiger partial charge in [0.1, 0.15) is 5.75 Å². The molecule has 0 saturated heterocycles. The van der Waals surface area contributed by atoms with Crippen molar-refractivity contribution in [3.8, 4) is 16.9 Å². The third-order valence-electron chi connectivity index (χ3n) is 6.44. The second kappa shape index (κ2) is 10.00. The van der Waals surface area contributed by atoms with Gasteiger partial charge in [0.2, 0.25) is 0 Å². The fourth-order valence-electron chi connectivity index (χ4n) is 4.92. The summed E-state index contributed by atoms with van der Waals surface area (Å²) >= 11 is 0. The maximum Gasteiger partial charge on any atom is 0.251 e. The van der Waals surface area contributed by atoms with Crippen LogP contribution >= 0.6 is 0 Å². The topological polar surface area (TPSA) is 57.2 Å². The van der Waals surface area contributed by atoms with E-state index in [4.69, 9.17) is 10.5 Å². The Bertz CT molecular complexity index is 832. The molecule has 0 radical (unpaired) electrons. The Labute approximate surface area is 175 Å². The molecule has 0 bridgehead atoms. The molecule has 1 aromatic carbocycles. The molecule has 1 heterocycles. The van der Waals surface area contributed by atoms with Crippen molar-refractivity contribution in [2.45, 2.75) is 78.2 Å². The lowest BCUT2D eigenvalue weighted by Crippen LogP contribution is -2.18. The van der Waals surface area contributed by atoms with Gasteiger partial charge in [-0.05, 0) is 44.6 Å². The number of amides is 1. The molecule has 29 heavy (non-hydrogen) atoms. The maximum absolute atomic E-state index is 12.6. The number of para-hydroxylation sites is 1. The van der Waals surface area contributed by atoms with E-state index in [1.165, 1.54) is 50.6 Å². The molecule has 3 rings (SSSR count). The third-order valence-corrected chi connectivity index (χ3v) is 6.44. The number of methoxy groups -OCH3 is 1. The molecule has 2 N–H and O–H groups in total. The number of primary amides is 1. The van der Waals surface area contributed by atoms with E-state index in [0.29, 0.717) is 11.5 Å². The standard InChI is InChI=1S/C25H36N2O2/c1-4-5-7-15-21-24(20-14-10-11-16-22(20)29-3)23(25(26)28)18(2)27(21)17-19-12-8-6-9-13-19/h10-11,14,16,19H,4-9,12-13,15,17H2,1-3H3,(H2,26,28). The van der Waals surface area contributed by atoms with Crippen molar-refractivity contribution in [3.63, 3.8) is 0 Å². The zero-order chi connectivity index (χ0) is 20.8. The van der Waals surface area contributed by atoms with Gasteiger partial charge in [0.05, 0.1) is 12.7 Å². The van der Waals surface area contributed by atoms with Gasteiger partial charge in [-0.15, -0.1) is 0 Å². The van der Waals surface area contributed by atoms with Crippen molar-refractivity contribution >= 4 is 5.91 Å². The lowest BCUT2D eigenvalue weighted by atomic mass is 9.89. The van der Waals surface area contributed by atoms with Crippen molar-refractivity contribution in [2.24, 2.45) is 11.7 Å². The van der Waals surface area contributed by atoms with Gasteiger partial charge < -0.3 is 15.0 Å². The summed E-state index contributed by atoms with van der Waals surface area (Å²) in [6.07, 6.45) is 11.0. The van der Waals surface area contributed by atoms with E-state index in [1.54, 1.807) is 7.11 Å². The van der Waals surface area contributed by atoms with Crippen molar-refractivity contribution in [1.29, 1.82) is 0 Å². The quantitative estimate of drug-likeness (QED) is 0.538. The van der Waals surface area contributed by atoms with E-state index in [0.717, 1.165) is 42.0 Å². The Hall–Kier alpha value is -2.23. The number of benzene rings is 1. The van der Waals surface area contributed by atoms with Crippen LogP contribution in [0.1, 0.15) is 80.0 Å². The highest BCUT2D eigenvalue weighted by Crippen LogP contribution is 2.39. The van der Waals surface area contributed by atoms with Crippen LogP contribution in [-0.2, 0) is 13.0 Å². The molecule has 1 amide bonds. The maximum atomic E-state index is 12.6. The fourth-order valence-corrected chi connectivity index (χ4v) is 4.92. The Morgan fingerprint density at radius 1 is 1.17 bits per heavy atom. The molecule has 0 atom stereocenters. The van der Waals surface area contributed by atoms with Gasteiger partial charge >= 0.3 is 0 Å². The second-order valence-corrected chi connectivity index (χ2v) is 8.42. The summed E-state index contributed by atoms with van der Waals surface area (Å²) in [4.78, 5) is 12.6. The Balaban J connectivity index is 2.15. The van der Waals surface area contributed by atoms with Crippen LogP contribution in [0.4, 0.5) is 0 Å². The largest absolute Gasteiger partial charge is 0.496 e. The highest BCUT2D eigenvalue weighted by atomic mass is 16.5. The van der Waals surface area contributed by atoms with Crippen LogP contribution in [0.5, 0.6) is 5.75 Å². The number of carbonyl (C=O) groups excluding carboxylic acids is 1. The lowest BCUT2D eigenvalue weighted by molar-refractivity contribution is 0.1000. The van der Waals surface area contributed by atoms with E-state index in [2.05, 4.69) is 18.4 Å². The van der Waals surface area contributed by atoms with Gasteiger partial charge in [0, 0.05) is 29.1 Å². The molecule has 0 unspecified atom stereocenters. The van der Waals surface area contributed by atoms with Crippen LogP contribution in [0, 0.1) is 12.8 Å². The van der Waals surface area contributed by atoms with Crippen LogP contribution in [0.25, 0.3) is 11.1 Å². The average Bonchev–Trinajstić information content (AvgIpc) is 3.00. The number of nitrogens with zero attached hydrogens (tertiary/aromatic N) is 1. The highest BCUT2D eigenvalue weighted by Gasteiger charge is 2.27. The molecule has 1 aliphatic rings. The van der Waals surface area contributed by atoms with Crippen LogP contribution in [-0.4, -0.2) is 17.6 Å². The summed E-state index contributed by atoms with van der Waals surface area (Å²) in [5.74, 6) is 1.13. The van der Waals surface area contributed by atoms with Gasteiger partial charge in [-0.2, -0.15) is 0 Å². The number of carbonyl (C=O) groups is 1. The number of rotatable bonds is 9. The minimum atomic E-state index is -0.345. The average molecular weight is 397 g/mol. The molecule has 1 aromatic heterocycles. The minimum absolute atomic E-state index is 0.345. The van der Waals surface area contributed by atoms with Crippen molar-refractivity contribution < 1.29 is 9.53 Å². The first-order valence-electron chi connectivity index (χ1n) is 11.2. The summed E-state index contributed by atoms with van der Waals surface area (Å²) in [5.41, 5.74) is 10.8. The number of hydrogen-bond acceptors (Lipinski definition) is 2. The lowest BCUT2D eigenvalue weighted by Gasteiger charge is -2.24. The van der Waals surface area contributed by atoms with Crippen molar-refractivity contribution in [2.75, 3.05) is 7.11 Å². The SMILES string of the molecule is CCCCCc1c(-c2ccccc2OC)c(C(N)=O)c(C)n1CC1CCCCC1. The summed E-state index contributed by atoms with van der Waals surface area (Å²) in [6, 6.07) is 7.99. The van der Waals surface area contributed by atoms with E-state index in [9.17, 15) is 4.79 Å². The Morgan fingerprint density at radius 2 is 1.90 bits per heavy atom. The van der Waals surface area contributed by atoms with Gasteiger partial charge in [-0.3, -0.25) is 4.79 Å². The number of hydrogen-bond donors (Lipinski definition) is 1. The fraction of sp³-hybridized carbons (Fsp3) is 0.560. The van der Waals surface area contributed by atoms with E-state index < -0.39 is 0 Å². The minimum Gasteiger partial charge on any atom is -0.496 e. The number of aromatic nitrogens is 1. The molecule has 1 fully saturated rings. The monoisotopic (exact) mass is 396 g/mol. The number of unbranched alkanes of at least 4 members (excludes halogenated alkanes) is 2. The molecule has 0 aliphatic heterocycles. The Morgan fingerprint density at radius 3 is 2.55 bits per heavy atom. The summed E-state index contributed by atoms with van der Waals surface area (Å²) in [5, 5.41) is 0. The second-order valence-electron chi connectivity index (χ2n) is 8.42. The molecule has 0 spiro atoms. The summed E-state index contributed by atoms with van der Waals surface area (Å²) in [6.45, 7) is 5.27. The van der Waals surface area contributed by atoms with Crippen LogP contribution in [0.2, 0.25) is 0 Å². The Kier molecular flexibility index (Phi) is 7.40. The summed E-state index contributed by atoms with van der Waals surface area (Å²) < 4.78 is 8.06. The number of nitrogens with two attached hydrogens (primary N) is 1. The predicted molar refractivity (Wildman–Crippen MR) is 119 cm³/mol. The molecule has 1 saturated carbocycles. The first-order chi connectivity index (χ1) is 14.1. The van der Waals surface area contributed by atoms with Crippen LogP contribution < -0.4 is 10.5 Å². The van der Waals surface area contributed by atoms with E-state index in [1.807, 2.05) is 24.3 Å². The molecule has 4 heteroatoms.